The van der Waals surface area contributed by atoms with Crippen molar-refractivity contribution in [2.45, 2.75) is 45.6 Å². The molecule has 2 atom stereocenters. The molecule has 10 heteroatoms. The molecule has 0 spiro atoms. The maximum atomic E-state index is 13.0. The number of carbonyl (C=O) groups is 5. The summed E-state index contributed by atoms with van der Waals surface area (Å²) >= 11 is 0. The maximum Gasteiger partial charge on any atom is 0.254 e. The Hall–Kier alpha value is -3.43. The minimum absolute atomic E-state index is 0.0253. The average Bonchev–Trinajstić information content (AvgIpc) is 3.39. The highest BCUT2D eigenvalue weighted by Crippen LogP contribution is 2.28. The lowest BCUT2D eigenvalue weighted by Gasteiger charge is -2.16. The second-order valence-electron chi connectivity index (χ2n) is 8.99. The zero-order valence-corrected chi connectivity index (χ0v) is 19.5. The molecule has 10 nitrogen and oxygen atoms in total. The lowest BCUT2D eigenvalue weighted by molar-refractivity contribution is -0.129. The lowest BCUT2D eigenvalue weighted by Crippen LogP contribution is -2.36. The van der Waals surface area contributed by atoms with Gasteiger partial charge in [-0.05, 0) is 30.2 Å². The lowest BCUT2D eigenvalue weighted by atomic mass is 9.95. The molecule has 0 unspecified atom stereocenters. The van der Waals surface area contributed by atoms with Gasteiger partial charge in [-0.25, -0.2) is 0 Å². The van der Waals surface area contributed by atoms with Crippen molar-refractivity contribution in [1.82, 2.24) is 15.1 Å². The molecule has 1 fully saturated rings. The molecule has 0 bridgehead atoms. The smallest absolute Gasteiger partial charge is 0.254 e. The molecule has 5 amide bonds. The van der Waals surface area contributed by atoms with Crippen LogP contribution in [0.3, 0.4) is 0 Å². The molecular weight excluding hydrogens is 438 g/mol. The number of nitrogens with two attached hydrogens (primary N) is 2. The van der Waals surface area contributed by atoms with E-state index in [1.807, 2.05) is 0 Å². The van der Waals surface area contributed by atoms with Crippen LogP contribution in [0.15, 0.2) is 18.2 Å². The number of fused-ring (bicyclic) bond motifs is 1. The minimum atomic E-state index is -0.814. The van der Waals surface area contributed by atoms with Crippen molar-refractivity contribution in [3.05, 3.63) is 34.9 Å². The average molecular weight is 472 g/mol. The number of hydrogen-bond donors (Lipinski definition) is 3. The maximum absolute atomic E-state index is 13.0. The molecule has 0 aliphatic carbocycles. The molecule has 1 saturated heterocycles. The topological polar surface area (TPSA) is 156 Å². The number of primary amides is 2. The van der Waals surface area contributed by atoms with E-state index in [9.17, 15) is 24.0 Å². The molecule has 1 aromatic carbocycles. The second kappa shape index (κ2) is 11.1. The van der Waals surface area contributed by atoms with Gasteiger partial charge in [-0.3, -0.25) is 24.0 Å². The number of rotatable bonds is 11. The summed E-state index contributed by atoms with van der Waals surface area (Å²) in [6.45, 7) is 3.43. The first-order valence-electron chi connectivity index (χ1n) is 11.8. The standard InChI is InChI=1S/C24H33N5O5/c1-2-3-4-5-9-27-20(30)8-10-28-12-16-11-15(6-7-17(16)24(28)34)23(33)29-13-18(21(25)31)19(14-29)22(26)32/h6-7,11,18-19H,2-5,8-10,12-14H2,1H3,(H2,25,31)(H2,26,32)(H,27,30)/t18-,19-/m1/s1. The predicted octanol–water partition coefficient (Wildman–Crippen LogP) is 0.388. The van der Waals surface area contributed by atoms with Crippen LogP contribution in [-0.4, -0.2) is 65.5 Å². The number of nitrogens with zero attached hydrogens (tertiary/aromatic N) is 2. The van der Waals surface area contributed by atoms with Gasteiger partial charge in [0.25, 0.3) is 11.8 Å². The fourth-order valence-electron chi connectivity index (χ4n) is 4.53. The van der Waals surface area contributed by atoms with Crippen molar-refractivity contribution in [3.8, 4) is 0 Å². The van der Waals surface area contributed by atoms with E-state index < -0.39 is 23.7 Å². The van der Waals surface area contributed by atoms with Crippen molar-refractivity contribution in [1.29, 1.82) is 0 Å². The number of benzene rings is 1. The van der Waals surface area contributed by atoms with Gasteiger partial charge in [-0.15, -0.1) is 0 Å². The van der Waals surface area contributed by atoms with Gasteiger partial charge >= 0.3 is 0 Å². The fraction of sp³-hybridized carbons (Fsp3) is 0.542. The van der Waals surface area contributed by atoms with Crippen molar-refractivity contribution < 1.29 is 24.0 Å². The summed E-state index contributed by atoms with van der Waals surface area (Å²) in [4.78, 5) is 64.1. The van der Waals surface area contributed by atoms with Gasteiger partial charge in [0.15, 0.2) is 0 Å². The molecule has 184 valence electrons. The van der Waals surface area contributed by atoms with E-state index in [1.165, 1.54) is 4.90 Å². The summed E-state index contributed by atoms with van der Waals surface area (Å²) in [6, 6.07) is 4.81. The van der Waals surface area contributed by atoms with Crippen LogP contribution in [-0.2, 0) is 20.9 Å². The molecule has 0 saturated carbocycles. The van der Waals surface area contributed by atoms with Gasteiger partial charge in [0.05, 0.1) is 11.8 Å². The molecule has 2 aliphatic heterocycles. The summed E-state index contributed by atoms with van der Waals surface area (Å²) in [5, 5.41) is 2.89. The van der Waals surface area contributed by atoms with E-state index in [0.29, 0.717) is 36.3 Å². The minimum Gasteiger partial charge on any atom is -0.369 e. The third kappa shape index (κ3) is 5.73. The first-order chi connectivity index (χ1) is 16.2. The summed E-state index contributed by atoms with van der Waals surface area (Å²) in [5.74, 6) is -3.58. The largest absolute Gasteiger partial charge is 0.369 e. The van der Waals surface area contributed by atoms with Gasteiger partial charge in [-0.2, -0.15) is 0 Å². The highest BCUT2D eigenvalue weighted by molar-refractivity contribution is 6.01. The van der Waals surface area contributed by atoms with Crippen molar-refractivity contribution in [3.63, 3.8) is 0 Å². The Labute approximate surface area is 199 Å². The van der Waals surface area contributed by atoms with E-state index >= 15 is 0 Å². The number of likely N-dealkylation sites (tertiary alicyclic amines) is 1. The third-order valence-corrected chi connectivity index (χ3v) is 6.53. The molecule has 34 heavy (non-hydrogen) atoms. The van der Waals surface area contributed by atoms with Crippen molar-refractivity contribution in [2.75, 3.05) is 26.2 Å². The van der Waals surface area contributed by atoms with Crippen LogP contribution >= 0.6 is 0 Å². The Morgan fingerprint density at radius 1 is 1.03 bits per heavy atom. The van der Waals surface area contributed by atoms with Crippen LogP contribution in [0, 0.1) is 11.8 Å². The molecule has 3 rings (SSSR count). The summed E-state index contributed by atoms with van der Waals surface area (Å²) in [7, 11) is 0. The number of hydrogen-bond acceptors (Lipinski definition) is 5. The molecular formula is C24H33N5O5. The normalized spacial score (nSPS) is 19.3. The zero-order valence-electron chi connectivity index (χ0n) is 19.5. The predicted molar refractivity (Wildman–Crippen MR) is 124 cm³/mol. The van der Waals surface area contributed by atoms with Gasteiger partial charge in [0.1, 0.15) is 0 Å². The van der Waals surface area contributed by atoms with Crippen LogP contribution in [0.25, 0.3) is 0 Å². The van der Waals surface area contributed by atoms with E-state index in [0.717, 1.165) is 25.7 Å². The van der Waals surface area contributed by atoms with Crippen LogP contribution in [0.1, 0.15) is 65.3 Å². The first-order valence-corrected chi connectivity index (χ1v) is 11.8. The molecule has 5 N–H and O–H groups in total. The number of amides is 5. The van der Waals surface area contributed by atoms with Gasteiger partial charge in [0.2, 0.25) is 17.7 Å². The van der Waals surface area contributed by atoms with E-state index in [2.05, 4.69) is 12.2 Å². The van der Waals surface area contributed by atoms with Gasteiger partial charge in [0, 0.05) is 50.3 Å². The molecule has 2 aliphatic rings. The molecule has 1 aromatic rings. The Morgan fingerprint density at radius 3 is 2.32 bits per heavy atom. The fourth-order valence-corrected chi connectivity index (χ4v) is 4.53. The molecule has 0 aromatic heterocycles. The van der Waals surface area contributed by atoms with Crippen LogP contribution < -0.4 is 16.8 Å². The summed E-state index contributed by atoms with van der Waals surface area (Å²) in [6.07, 6.45) is 4.54. The van der Waals surface area contributed by atoms with Gasteiger partial charge < -0.3 is 26.6 Å². The Morgan fingerprint density at radius 2 is 1.71 bits per heavy atom. The summed E-state index contributed by atoms with van der Waals surface area (Å²) < 4.78 is 0. The number of nitrogens with one attached hydrogen (secondary N) is 1. The van der Waals surface area contributed by atoms with Crippen molar-refractivity contribution in [2.24, 2.45) is 23.3 Å². The number of carbonyl (C=O) groups excluding carboxylic acids is 5. The van der Waals surface area contributed by atoms with Gasteiger partial charge in [-0.1, -0.05) is 26.2 Å². The monoisotopic (exact) mass is 471 g/mol. The Kier molecular flexibility index (Phi) is 8.25. The highest BCUT2D eigenvalue weighted by Gasteiger charge is 2.42. The van der Waals surface area contributed by atoms with Crippen molar-refractivity contribution >= 4 is 29.5 Å². The quantitative estimate of drug-likeness (QED) is 0.398. The SMILES string of the molecule is CCCCCCNC(=O)CCN1Cc2cc(C(=O)N3C[C@@H](C(N)=O)[C@H](C(N)=O)C3)ccc2C1=O. The zero-order chi connectivity index (χ0) is 24.8. The first kappa shape index (κ1) is 25.2. The molecule has 0 radical (unpaired) electrons. The van der Waals surface area contributed by atoms with Crippen LogP contribution in [0.5, 0.6) is 0 Å². The Balaban J connectivity index is 1.57. The van der Waals surface area contributed by atoms with Crippen LogP contribution in [0.2, 0.25) is 0 Å². The van der Waals surface area contributed by atoms with E-state index in [1.54, 1.807) is 23.1 Å². The highest BCUT2D eigenvalue weighted by atomic mass is 16.2. The third-order valence-electron chi connectivity index (χ3n) is 6.53. The second-order valence-corrected chi connectivity index (χ2v) is 8.99. The Bertz CT molecular complexity index is 957. The van der Waals surface area contributed by atoms with E-state index in [4.69, 9.17) is 11.5 Å². The summed E-state index contributed by atoms with van der Waals surface area (Å²) in [5.41, 5.74) is 12.3. The van der Waals surface area contributed by atoms with E-state index in [-0.39, 0.29) is 37.2 Å². The van der Waals surface area contributed by atoms with Crippen LogP contribution in [0.4, 0.5) is 0 Å². The number of unbranched alkanes of at least 4 members (excludes halogenated alkanes) is 3. The molecule has 2 heterocycles.